The van der Waals surface area contributed by atoms with Crippen LogP contribution in [0.2, 0.25) is 0 Å². The third-order valence-corrected chi connectivity index (χ3v) is 1.73. The maximum atomic E-state index is 10.2. The zero-order valence-corrected chi connectivity index (χ0v) is 9.06. The average molecular weight is 245 g/mol. The molecule has 0 unspecified atom stereocenters. The van der Waals surface area contributed by atoms with Crippen LogP contribution in [0.15, 0.2) is 24.3 Å². The van der Waals surface area contributed by atoms with E-state index in [1.807, 2.05) is 0 Å². The Bertz CT molecular complexity index is 339. The second-order valence-electron chi connectivity index (χ2n) is 3.10. The highest BCUT2D eigenvalue weighted by Gasteiger charge is 2.03. The number of aliphatic hydroxyl groups is 4. The van der Waals surface area contributed by atoms with Gasteiger partial charge in [0, 0.05) is 12.1 Å². The van der Waals surface area contributed by atoms with Crippen LogP contribution in [-0.2, 0) is 6.61 Å². The Labute approximate surface area is 97.7 Å². The summed E-state index contributed by atoms with van der Waals surface area (Å²) < 4.78 is 0. The number of hydrogen-bond acceptors (Lipinski definition) is 6. The maximum Gasteiger partial charge on any atom is 0.269 e. The summed E-state index contributed by atoms with van der Waals surface area (Å²) in [5.41, 5.74) is 0.566. The smallest absolute Gasteiger partial charge is 0.269 e. The van der Waals surface area contributed by atoms with Crippen molar-refractivity contribution in [3.63, 3.8) is 0 Å². The lowest BCUT2D eigenvalue weighted by Crippen LogP contribution is -2.15. The van der Waals surface area contributed by atoms with E-state index in [0.717, 1.165) is 0 Å². The fourth-order valence-corrected chi connectivity index (χ4v) is 0.826. The van der Waals surface area contributed by atoms with Crippen LogP contribution in [-0.4, -0.2) is 44.7 Å². The Kier molecular flexibility index (Phi) is 7.82. The predicted octanol–water partition coefficient (Wildman–Crippen LogP) is -0.581. The molecule has 0 saturated heterocycles. The van der Waals surface area contributed by atoms with Gasteiger partial charge >= 0.3 is 0 Å². The lowest BCUT2D eigenvalue weighted by molar-refractivity contribution is -0.384. The Morgan fingerprint density at radius 3 is 2.18 bits per heavy atom. The van der Waals surface area contributed by atoms with Crippen LogP contribution in [0.5, 0.6) is 0 Å². The standard InChI is InChI=1S/C7H7NO3.C3H8O3/c9-5-6-2-1-3-7(4-6)8(10)11;4-1-3(6)2-5/h1-4,9H,5H2;3-6H,1-2H2. The van der Waals surface area contributed by atoms with Crippen molar-refractivity contribution in [3.05, 3.63) is 39.9 Å². The first-order valence-electron chi connectivity index (χ1n) is 4.79. The molecule has 0 aliphatic rings. The fraction of sp³-hybridized carbons (Fsp3) is 0.400. The summed E-state index contributed by atoms with van der Waals surface area (Å²) in [7, 11) is 0. The van der Waals surface area contributed by atoms with Crippen LogP contribution in [0.4, 0.5) is 5.69 Å². The van der Waals surface area contributed by atoms with Crippen molar-refractivity contribution in [1.82, 2.24) is 0 Å². The van der Waals surface area contributed by atoms with Gasteiger partial charge < -0.3 is 20.4 Å². The van der Waals surface area contributed by atoms with Gasteiger partial charge in [0.05, 0.1) is 24.7 Å². The van der Waals surface area contributed by atoms with Gasteiger partial charge in [-0.3, -0.25) is 10.1 Å². The molecule has 0 amide bonds. The summed E-state index contributed by atoms with van der Waals surface area (Å²) in [6, 6.07) is 5.91. The summed E-state index contributed by atoms with van der Waals surface area (Å²) in [6.07, 6.45) is -0.954. The zero-order valence-electron chi connectivity index (χ0n) is 9.06. The number of nitrogens with zero attached hydrogens (tertiary/aromatic N) is 1. The van der Waals surface area contributed by atoms with Gasteiger partial charge in [-0.2, -0.15) is 0 Å². The van der Waals surface area contributed by atoms with Crippen molar-refractivity contribution >= 4 is 5.69 Å². The number of nitro groups is 1. The minimum absolute atomic E-state index is 0.0107. The van der Waals surface area contributed by atoms with Crippen LogP contribution in [0, 0.1) is 10.1 Å². The van der Waals surface area contributed by atoms with Gasteiger partial charge in [0.1, 0.15) is 6.10 Å². The minimum Gasteiger partial charge on any atom is -0.394 e. The highest BCUT2D eigenvalue weighted by Crippen LogP contribution is 2.12. The molecule has 0 atom stereocenters. The maximum absolute atomic E-state index is 10.2. The first-order chi connectivity index (χ1) is 8.04. The molecule has 0 aliphatic heterocycles. The molecule has 0 heterocycles. The summed E-state index contributed by atoms with van der Waals surface area (Å²) in [5, 5.41) is 42.8. The monoisotopic (exact) mass is 245 g/mol. The minimum atomic E-state index is -0.954. The zero-order chi connectivity index (χ0) is 13.3. The molecule has 17 heavy (non-hydrogen) atoms. The molecule has 4 N–H and O–H groups in total. The summed E-state index contributed by atoms with van der Waals surface area (Å²) in [5.74, 6) is 0. The number of aliphatic hydroxyl groups excluding tert-OH is 4. The Balaban J connectivity index is 0.000000366. The number of non-ortho nitro benzene ring substituents is 1. The van der Waals surface area contributed by atoms with E-state index in [1.165, 1.54) is 12.1 Å². The van der Waals surface area contributed by atoms with Crippen molar-refractivity contribution in [2.24, 2.45) is 0 Å². The van der Waals surface area contributed by atoms with E-state index in [1.54, 1.807) is 12.1 Å². The van der Waals surface area contributed by atoms with Crippen LogP contribution < -0.4 is 0 Å². The number of hydrogen-bond donors (Lipinski definition) is 4. The molecule has 1 rings (SSSR count). The molecule has 7 nitrogen and oxygen atoms in total. The lowest BCUT2D eigenvalue weighted by Gasteiger charge is -1.96. The first-order valence-corrected chi connectivity index (χ1v) is 4.79. The van der Waals surface area contributed by atoms with E-state index < -0.39 is 11.0 Å². The van der Waals surface area contributed by atoms with Gasteiger partial charge in [0.2, 0.25) is 0 Å². The van der Waals surface area contributed by atoms with Gasteiger partial charge in [-0.1, -0.05) is 12.1 Å². The number of benzene rings is 1. The summed E-state index contributed by atoms with van der Waals surface area (Å²) in [6.45, 7) is -0.894. The fourth-order valence-electron chi connectivity index (χ4n) is 0.826. The normalized spacial score (nSPS) is 9.71. The second kappa shape index (κ2) is 8.59. The van der Waals surface area contributed by atoms with Crippen molar-refractivity contribution in [3.8, 4) is 0 Å². The molecule has 0 saturated carbocycles. The summed E-state index contributed by atoms with van der Waals surface area (Å²) in [4.78, 5) is 9.71. The Morgan fingerprint density at radius 1 is 1.24 bits per heavy atom. The molecule has 0 bridgehead atoms. The molecular formula is C10H15NO6. The van der Waals surface area contributed by atoms with Crippen LogP contribution in [0.1, 0.15) is 5.56 Å². The van der Waals surface area contributed by atoms with Crippen molar-refractivity contribution in [2.75, 3.05) is 13.2 Å². The Hall–Kier alpha value is -1.54. The van der Waals surface area contributed by atoms with Crippen LogP contribution >= 0.6 is 0 Å². The highest BCUT2D eigenvalue weighted by molar-refractivity contribution is 5.33. The Morgan fingerprint density at radius 2 is 1.82 bits per heavy atom. The highest BCUT2D eigenvalue weighted by atomic mass is 16.6. The van der Waals surface area contributed by atoms with Gasteiger partial charge in [0.25, 0.3) is 5.69 Å². The van der Waals surface area contributed by atoms with Gasteiger partial charge in [-0.25, -0.2) is 0 Å². The third-order valence-electron chi connectivity index (χ3n) is 1.73. The molecule has 0 aliphatic carbocycles. The predicted molar refractivity (Wildman–Crippen MR) is 59.2 cm³/mol. The van der Waals surface area contributed by atoms with Crippen molar-refractivity contribution in [1.29, 1.82) is 0 Å². The van der Waals surface area contributed by atoms with Gasteiger partial charge in [0.15, 0.2) is 0 Å². The molecule has 7 heteroatoms. The van der Waals surface area contributed by atoms with E-state index in [0.29, 0.717) is 5.56 Å². The van der Waals surface area contributed by atoms with E-state index in [2.05, 4.69) is 0 Å². The van der Waals surface area contributed by atoms with Crippen molar-refractivity contribution in [2.45, 2.75) is 12.7 Å². The molecule has 0 aromatic heterocycles. The van der Waals surface area contributed by atoms with Crippen molar-refractivity contribution < 1.29 is 25.3 Å². The van der Waals surface area contributed by atoms with Crippen LogP contribution in [0.3, 0.4) is 0 Å². The van der Waals surface area contributed by atoms with Crippen LogP contribution in [0.25, 0.3) is 0 Å². The SMILES string of the molecule is O=[N+]([O-])c1cccc(CO)c1.OCC(O)CO. The molecule has 1 aromatic rings. The van der Waals surface area contributed by atoms with E-state index in [4.69, 9.17) is 20.4 Å². The largest absolute Gasteiger partial charge is 0.394 e. The van der Waals surface area contributed by atoms with Gasteiger partial charge in [-0.15, -0.1) is 0 Å². The first kappa shape index (κ1) is 15.5. The number of nitro benzene ring substituents is 1. The number of rotatable bonds is 4. The molecule has 1 aromatic carbocycles. The van der Waals surface area contributed by atoms with Gasteiger partial charge in [-0.05, 0) is 5.56 Å². The van der Waals surface area contributed by atoms with E-state index >= 15 is 0 Å². The quantitative estimate of drug-likeness (QED) is 0.415. The molecule has 96 valence electrons. The molecule has 0 radical (unpaired) electrons. The average Bonchev–Trinajstić information content (AvgIpc) is 2.38. The summed E-state index contributed by atoms with van der Waals surface area (Å²) >= 11 is 0. The lowest BCUT2D eigenvalue weighted by atomic mass is 10.2. The van der Waals surface area contributed by atoms with E-state index in [9.17, 15) is 10.1 Å². The third kappa shape index (κ3) is 6.59. The molecule has 0 spiro atoms. The molecular weight excluding hydrogens is 230 g/mol. The second-order valence-corrected chi connectivity index (χ2v) is 3.10. The topological polar surface area (TPSA) is 124 Å². The molecule has 0 fully saturated rings. The van der Waals surface area contributed by atoms with E-state index in [-0.39, 0.29) is 25.5 Å².